The second-order valence-electron chi connectivity index (χ2n) is 38.0. The van der Waals surface area contributed by atoms with Crippen molar-refractivity contribution in [3.05, 3.63) is 46.6 Å². The van der Waals surface area contributed by atoms with Gasteiger partial charge in [0.2, 0.25) is 0 Å². The highest BCUT2D eigenvalue weighted by Crippen LogP contribution is 2.74. The van der Waals surface area contributed by atoms with Gasteiger partial charge in [0.1, 0.15) is 0 Å². The van der Waals surface area contributed by atoms with Crippen LogP contribution in [0.3, 0.4) is 0 Å². The van der Waals surface area contributed by atoms with E-state index >= 15 is 0 Å². The van der Waals surface area contributed by atoms with Gasteiger partial charge in [0.05, 0.1) is 19.0 Å². The van der Waals surface area contributed by atoms with Crippen LogP contribution < -0.4 is 0 Å². The van der Waals surface area contributed by atoms with Crippen molar-refractivity contribution in [3.8, 4) is 49.4 Å². The first kappa shape index (κ1) is 77.4. The van der Waals surface area contributed by atoms with Crippen molar-refractivity contribution in [2.45, 2.75) is 294 Å². The van der Waals surface area contributed by atoms with Gasteiger partial charge in [-0.05, 0) is 355 Å². The van der Waals surface area contributed by atoms with Crippen LogP contribution in [0.4, 0.5) is 0 Å². The zero-order valence-electron chi connectivity index (χ0n) is 65.5. The number of hydrogen-bond acceptors (Lipinski definition) is 8. The zero-order valence-corrected chi connectivity index (χ0v) is 68.7. The Kier molecular flexibility index (Phi) is 23.0. The molecule has 4 nitrogen and oxygen atoms in total. The number of carbonyl (C=O) groups excluding carboxylic acids is 4. The molecule has 12 saturated carbocycles. The SMILES string of the molecule is C#C[C@@]1(SC)CCC2C3C(CC[C@@]21C)C1CCC(=O)C=C1C[C@H]3C.C#C[C@@]1(SCC)CCC2C3C(CC[C@@]21C)C1CCC(=O)C=C1C[C@H]3C.C#C[C@@]1(SCCC)CCC2C3C(CC[C@@]21C)C1CCC(=O)C=C1C[C@H]3C.C#C[C@@]1(SCCCC)CCC2C3C(CC[C@@]21C)C1CCC(=O)C=C1C[C@H]3C. The van der Waals surface area contributed by atoms with Crippen molar-refractivity contribution in [3.63, 3.8) is 0 Å². The summed E-state index contributed by atoms with van der Waals surface area (Å²) in [5.41, 5.74) is 7.12. The first-order valence-corrected chi connectivity index (χ1v) is 46.3. The number of allylic oxidation sites excluding steroid dienone is 4. The van der Waals surface area contributed by atoms with Crippen LogP contribution in [0, 0.1) is 189 Å². The van der Waals surface area contributed by atoms with Gasteiger partial charge in [-0.2, -0.15) is 0 Å². The van der Waals surface area contributed by atoms with Gasteiger partial charge in [-0.3, -0.25) is 19.2 Å². The van der Waals surface area contributed by atoms with E-state index in [1.54, 1.807) is 0 Å². The Morgan fingerprint density at radius 2 is 0.647 bits per heavy atom. The van der Waals surface area contributed by atoms with Crippen molar-refractivity contribution in [1.82, 2.24) is 0 Å². The molecule has 0 aromatic carbocycles. The van der Waals surface area contributed by atoms with Crippen molar-refractivity contribution >= 4 is 70.2 Å². The molecule has 556 valence electrons. The molecule has 102 heavy (non-hydrogen) atoms. The van der Waals surface area contributed by atoms with Gasteiger partial charge in [0, 0.05) is 25.7 Å². The topological polar surface area (TPSA) is 68.3 Å². The van der Waals surface area contributed by atoms with Crippen LogP contribution in [-0.2, 0) is 19.2 Å². The van der Waals surface area contributed by atoms with E-state index in [0.29, 0.717) is 92.1 Å². The highest BCUT2D eigenvalue weighted by molar-refractivity contribution is 8.01. The molecule has 0 aromatic rings. The van der Waals surface area contributed by atoms with Gasteiger partial charge in [0.15, 0.2) is 23.1 Å². The first-order valence-electron chi connectivity index (χ1n) is 42.1. The summed E-state index contributed by atoms with van der Waals surface area (Å²) >= 11 is 8.18. The molecule has 16 aliphatic carbocycles. The summed E-state index contributed by atoms with van der Waals surface area (Å²) in [5.74, 6) is 33.2. The van der Waals surface area contributed by atoms with E-state index in [2.05, 4.69) is 130 Å². The summed E-state index contributed by atoms with van der Waals surface area (Å²) in [6, 6.07) is 0. The first-order chi connectivity index (χ1) is 48.8. The number of unbranched alkanes of at least 4 members (excludes halogenated alkanes) is 1. The molecular formula is C94H132O4S4. The molecule has 0 saturated heterocycles. The van der Waals surface area contributed by atoms with Gasteiger partial charge >= 0.3 is 0 Å². The van der Waals surface area contributed by atoms with Crippen molar-refractivity contribution in [2.75, 3.05) is 23.5 Å². The summed E-state index contributed by atoms with van der Waals surface area (Å²) in [6.45, 7) is 26.7. The number of hydrogen-bond donors (Lipinski definition) is 0. The third-order valence-electron chi connectivity index (χ3n) is 34.1. The third kappa shape index (κ3) is 12.6. The van der Waals surface area contributed by atoms with Gasteiger partial charge in [-0.1, -0.05) is 129 Å². The molecule has 12 fully saturated rings. The normalized spacial score (nSPS) is 48.1. The minimum Gasteiger partial charge on any atom is -0.295 e. The fourth-order valence-electron chi connectivity index (χ4n) is 29.4. The molecule has 0 aromatic heterocycles. The molecule has 0 amide bonds. The van der Waals surface area contributed by atoms with Crippen molar-refractivity contribution < 1.29 is 19.2 Å². The largest absolute Gasteiger partial charge is 0.295 e. The second-order valence-corrected chi connectivity index (χ2v) is 43.4. The Labute approximate surface area is 638 Å². The highest BCUT2D eigenvalue weighted by Gasteiger charge is 2.68. The lowest BCUT2D eigenvalue weighted by atomic mass is 9.49. The van der Waals surface area contributed by atoms with E-state index in [-0.39, 0.29) is 19.0 Å². The van der Waals surface area contributed by atoms with E-state index < -0.39 is 0 Å². The lowest BCUT2D eigenvalue weighted by Gasteiger charge is -2.57. The summed E-state index contributed by atoms with van der Waals surface area (Å²) in [7, 11) is 0. The minimum atomic E-state index is 0.0427. The van der Waals surface area contributed by atoms with Gasteiger partial charge in [0.25, 0.3) is 0 Å². The monoisotopic (exact) mass is 1450 g/mol. The number of fused-ring (bicyclic) bond motifs is 20. The molecule has 0 N–H and O–H groups in total. The van der Waals surface area contributed by atoms with Gasteiger partial charge < -0.3 is 0 Å². The van der Waals surface area contributed by atoms with Crippen LogP contribution in [-0.4, -0.2) is 65.6 Å². The Morgan fingerprint density at radius 1 is 0.373 bits per heavy atom. The van der Waals surface area contributed by atoms with E-state index in [1.807, 2.05) is 47.8 Å². The van der Waals surface area contributed by atoms with Crippen LogP contribution in [0.15, 0.2) is 46.6 Å². The molecular weight excluding hydrogens is 1320 g/mol. The molecule has 0 aliphatic heterocycles. The van der Waals surface area contributed by atoms with Gasteiger partial charge in [-0.25, -0.2) is 0 Å². The molecule has 16 rings (SSSR count). The van der Waals surface area contributed by atoms with Crippen LogP contribution in [0.25, 0.3) is 0 Å². The van der Waals surface area contributed by atoms with Crippen LogP contribution in [0.1, 0.15) is 275 Å². The maximum absolute atomic E-state index is 12.0. The quantitative estimate of drug-likeness (QED) is 0.158. The zero-order chi connectivity index (χ0) is 72.7. The summed E-state index contributed by atoms with van der Waals surface area (Å²) < 4.78 is 0.198. The molecule has 16 aliphatic rings. The van der Waals surface area contributed by atoms with E-state index in [4.69, 9.17) is 25.7 Å². The third-order valence-corrected chi connectivity index (χ3v) is 40.8. The summed E-state index contributed by atoms with van der Waals surface area (Å²) in [6.07, 6.45) is 71.2. The number of ketones is 4. The predicted molar refractivity (Wildman–Crippen MR) is 435 cm³/mol. The standard InChI is InChI=1S/C25H36OS.C24H34OS.C23H32OS.C22H30OS/c1-5-7-14-27-25(6-2)13-11-22-23-17(3)15-18-16-19(26)8-9-20(18)21(23)10-12-24(22,25)4;1-5-13-26-24(6-2)12-10-21-22-16(3)14-17-15-18(25)7-8-19(17)20(22)9-11-23(21,24)4;1-5-23(25-6-2)12-10-20-21-15(3)13-16-14-17(24)7-8-18(16)19(21)9-11-22(20,23)4;1-5-22(24-4)11-9-19-20-14(2)12-15-13-16(23)6-7-17(15)18(20)8-10-21(19,22)3/h2,16-17,20-23H,5,7-15H2,1,3-4H3;2,15-16,19-22H,5,7-14H2,1,3-4H3;1,14-15,18-21H,6-13H2,2-4H3;1,13-14,17-20H,6-12H2,2-4H3/t17-,20?,21?,22?,23?,24+,25-;16-,19?,20?,21?,22?,23+,24-;15-,18?,19?,20?,21?,22+,23-;14-,17?,18?,19?,20?,21+,22-/m1111/s1. The number of rotatable bonds is 10. The average molecular weight is 1450 g/mol. The van der Waals surface area contributed by atoms with Crippen molar-refractivity contribution in [2.24, 2.45) is 140 Å². The fraction of sp³-hybridized carbons (Fsp3) is 0.787. The Bertz CT molecular complexity index is 3510. The maximum Gasteiger partial charge on any atom is 0.155 e. The smallest absolute Gasteiger partial charge is 0.155 e. The van der Waals surface area contributed by atoms with Crippen LogP contribution >= 0.6 is 47.0 Å². The number of terminal acetylenes is 4. The van der Waals surface area contributed by atoms with E-state index in [1.165, 1.54) is 156 Å². The number of carbonyl (C=O) groups is 4. The molecule has 0 spiro atoms. The highest BCUT2D eigenvalue weighted by atomic mass is 32.2. The van der Waals surface area contributed by atoms with E-state index in [0.717, 1.165) is 154 Å². The fourth-order valence-corrected chi connectivity index (χ4v) is 35.2. The lowest BCUT2D eigenvalue weighted by Crippen LogP contribution is -2.53. The maximum atomic E-state index is 12.0. The van der Waals surface area contributed by atoms with E-state index in [9.17, 15) is 19.2 Å². The minimum absolute atomic E-state index is 0.0427. The molecule has 0 bridgehead atoms. The summed E-state index contributed by atoms with van der Waals surface area (Å²) in [4.78, 5) is 47.7. The van der Waals surface area contributed by atoms with Crippen LogP contribution in [0.2, 0.25) is 0 Å². The molecule has 28 atom stereocenters. The predicted octanol–water partition coefficient (Wildman–Crippen LogP) is 22.8. The Balaban J connectivity index is 0.000000121. The summed E-state index contributed by atoms with van der Waals surface area (Å²) in [5, 5.41) is 0. The molecule has 8 heteroatoms. The molecule has 16 unspecified atom stereocenters. The lowest BCUT2D eigenvalue weighted by molar-refractivity contribution is -0.117. The Hall–Kier alpha value is -2.72. The average Bonchev–Trinajstić information content (AvgIpc) is 1.52. The Morgan fingerprint density at radius 3 is 0.912 bits per heavy atom. The molecule has 0 radical (unpaired) electrons. The second kappa shape index (κ2) is 30.3. The van der Waals surface area contributed by atoms with Crippen molar-refractivity contribution in [1.29, 1.82) is 0 Å². The van der Waals surface area contributed by atoms with Crippen LogP contribution in [0.5, 0.6) is 0 Å². The van der Waals surface area contributed by atoms with Gasteiger partial charge in [-0.15, -0.1) is 72.7 Å². The number of thioether (sulfide) groups is 4. The molecule has 0 heterocycles.